The average Bonchev–Trinajstić information content (AvgIpc) is 3.56. The van der Waals surface area contributed by atoms with Crippen molar-refractivity contribution in [3.05, 3.63) is 144 Å². The number of fused-ring (bicyclic) bond motifs is 7. The molecule has 0 atom stereocenters. The van der Waals surface area contributed by atoms with Crippen LogP contribution < -0.4 is 0 Å². The molecule has 51 heavy (non-hydrogen) atoms. The molecule has 259 valence electrons. The summed E-state index contributed by atoms with van der Waals surface area (Å²) in [7, 11) is 0. The van der Waals surface area contributed by atoms with E-state index in [9.17, 15) is 0 Å². The molecule has 0 saturated heterocycles. The van der Waals surface area contributed by atoms with Crippen molar-refractivity contribution in [3.63, 3.8) is 0 Å². The fourth-order valence-electron chi connectivity index (χ4n) is 6.20. The van der Waals surface area contributed by atoms with E-state index in [-0.39, 0.29) is 25.7 Å². The first kappa shape index (κ1) is 28.0. The van der Waals surface area contributed by atoms with Gasteiger partial charge in [0.2, 0.25) is 0 Å². The van der Waals surface area contributed by atoms with Crippen molar-refractivity contribution in [3.8, 4) is 22.5 Å². The molecule has 0 N–H and O–H groups in total. The number of nitrogens with zero attached hydrogens (tertiary/aromatic N) is 2. The predicted octanol–water partition coefficient (Wildman–Crippen LogP) is 12.8. The van der Waals surface area contributed by atoms with Gasteiger partial charge in [0.1, 0.15) is 5.58 Å². The van der Waals surface area contributed by atoms with E-state index in [1.54, 1.807) is 36.5 Å². The van der Waals surface area contributed by atoms with Gasteiger partial charge >= 0.3 is 0 Å². The Morgan fingerprint density at radius 1 is 0.686 bits per heavy atom. The Hall–Kier alpha value is -4.63. The largest absolute Gasteiger partial charge is 0.500 e. The van der Waals surface area contributed by atoms with Crippen molar-refractivity contribution < 1.29 is 34.1 Å². The molecule has 5 aromatic carbocycles. The Bertz CT molecular complexity index is 2740. The number of rotatable bonds is 4. The standard InChI is InChI=1S/C30H24NO.C17H20N.Ir/c1-30(2,3)18-19-15-16-31-26(17-19)25-10-6-9-23-24-14-13-21-12-11-20-7-4-5-8-22(20)27(21)29(24)32-28(23)25;1-13-5-8-15(9-6-13)16-10-7-14(12-18-16)11-17(2,3)4;/h4-9,11-17H,18H2,1-3H3;5-8,10,12H,11H2,1-4H3;/q2*-1;/i18D2;1D3,11D2;. The molecule has 0 amide bonds. The molecule has 8 rings (SSSR count). The van der Waals surface area contributed by atoms with Crippen LogP contribution in [0.3, 0.4) is 0 Å². The summed E-state index contributed by atoms with van der Waals surface area (Å²) in [5.74, 6) is 0. The first-order valence-corrected chi connectivity index (χ1v) is 16.8. The fourth-order valence-corrected chi connectivity index (χ4v) is 6.20. The summed E-state index contributed by atoms with van der Waals surface area (Å²) < 4.78 is 62.6. The Balaban J connectivity index is 0.000000208. The minimum absolute atomic E-state index is 0. The van der Waals surface area contributed by atoms with Gasteiger partial charge in [0, 0.05) is 52.9 Å². The molecule has 1 radical (unpaired) electrons. The number of benzene rings is 5. The van der Waals surface area contributed by atoms with E-state index >= 15 is 0 Å². The minimum Gasteiger partial charge on any atom is -0.500 e. The van der Waals surface area contributed by atoms with Gasteiger partial charge in [-0.25, -0.2) is 0 Å². The van der Waals surface area contributed by atoms with Gasteiger partial charge < -0.3 is 14.4 Å². The SMILES string of the molecule is [2H]C([2H])([2H])c1c[c-]c(-c2ccc(C([2H])([2H])C(C)(C)C)cn2)cc1.[2H]C([2H])(c1ccnc(-c2[c-]ccc3c2oc2c3ccc3ccc4ccccc4c32)c1)C(C)(C)C.[Ir]. The molecule has 3 heterocycles. The van der Waals surface area contributed by atoms with E-state index < -0.39 is 30.4 Å². The maximum absolute atomic E-state index is 8.70. The van der Waals surface area contributed by atoms with Crippen molar-refractivity contribution in [2.45, 2.75) is 61.1 Å². The zero-order valence-corrected chi connectivity index (χ0v) is 32.0. The predicted molar refractivity (Wildman–Crippen MR) is 210 cm³/mol. The van der Waals surface area contributed by atoms with Gasteiger partial charge in [-0.1, -0.05) is 132 Å². The first-order chi connectivity index (χ1) is 26.7. The first-order valence-electron chi connectivity index (χ1n) is 20.3. The number of aromatic nitrogens is 2. The second kappa shape index (κ2) is 14.5. The van der Waals surface area contributed by atoms with Crippen molar-refractivity contribution >= 4 is 43.5 Å². The van der Waals surface area contributed by atoms with Gasteiger partial charge in [0.05, 0.1) is 5.58 Å². The summed E-state index contributed by atoms with van der Waals surface area (Å²) in [6.45, 7) is 9.14. The Labute approximate surface area is 325 Å². The molecule has 0 spiro atoms. The Morgan fingerprint density at radius 2 is 1.43 bits per heavy atom. The van der Waals surface area contributed by atoms with E-state index in [1.165, 1.54) is 17.6 Å². The molecule has 0 aliphatic carbocycles. The molecule has 4 heteroatoms. The quantitative estimate of drug-likeness (QED) is 0.131. The van der Waals surface area contributed by atoms with E-state index in [1.807, 2.05) is 59.7 Å². The van der Waals surface area contributed by atoms with Gasteiger partial charge in [0.25, 0.3) is 0 Å². The summed E-state index contributed by atoms with van der Waals surface area (Å²) in [5, 5.41) is 6.62. The number of furan rings is 1. The topological polar surface area (TPSA) is 38.9 Å². The zero-order chi connectivity index (χ0) is 41.1. The molecule has 8 aromatic rings. The molecule has 0 bridgehead atoms. The van der Waals surface area contributed by atoms with E-state index in [0.717, 1.165) is 43.7 Å². The smallest absolute Gasteiger partial charge is 0.129 e. The molecule has 0 fully saturated rings. The van der Waals surface area contributed by atoms with Crippen LogP contribution in [-0.4, -0.2) is 9.97 Å². The van der Waals surface area contributed by atoms with E-state index in [2.05, 4.69) is 70.6 Å². The normalized spacial score (nSPS) is 14.7. The summed E-state index contributed by atoms with van der Waals surface area (Å²) in [4.78, 5) is 8.89. The molecule has 0 aliphatic rings. The number of hydrogen-bond acceptors (Lipinski definition) is 3. The number of aryl methyl sites for hydroxylation is 1. The summed E-state index contributed by atoms with van der Waals surface area (Å²) in [5.41, 5.74) is 4.56. The van der Waals surface area contributed by atoms with E-state index in [4.69, 9.17) is 14.0 Å². The number of pyridine rings is 2. The van der Waals surface area contributed by atoms with Crippen LogP contribution in [0.25, 0.3) is 66.0 Å². The van der Waals surface area contributed by atoms with Crippen LogP contribution >= 0.6 is 0 Å². The molecule has 0 aliphatic heterocycles. The molecule has 3 aromatic heterocycles. The van der Waals surface area contributed by atoms with Crippen LogP contribution in [0.1, 0.15) is 67.8 Å². The molecule has 0 saturated carbocycles. The maximum Gasteiger partial charge on any atom is 0.129 e. The average molecular weight is 852 g/mol. The third-order valence-electron chi connectivity index (χ3n) is 8.21. The van der Waals surface area contributed by atoms with Crippen LogP contribution in [0, 0.1) is 29.8 Å². The Kier molecular flexibility index (Phi) is 7.99. The van der Waals surface area contributed by atoms with Crippen LogP contribution in [0.15, 0.2) is 120 Å². The van der Waals surface area contributed by atoms with Gasteiger partial charge in [-0.3, -0.25) is 0 Å². The molecule has 0 unspecified atom stereocenters. The zero-order valence-electron chi connectivity index (χ0n) is 36.6. The second-order valence-corrected chi connectivity index (χ2v) is 14.6. The van der Waals surface area contributed by atoms with Crippen molar-refractivity contribution in [1.29, 1.82) is 0 Å². The third-order valence-corrected chi connectivity index (χ3v) is 8.21. The van der Waals surface area contributed by atoms with Crippen molar-refractivity contribution in [2.24, 2.45) is 10.8 Å². The van der Waals surface area contributed by atoms with Crippen molar-refractivity contribution in [1.82, 2.24) is 9.97 Å². The second-order valence-electron chi connectivity index (χ2n) is 14.6. The number of hydrogen-bond donors (Lipinski definition) is 0. The van der Waals surface area contributed by atoms with Crippen LogP contribution in [0.2, 0.25) is 0 Å². The summed E-state index contributed by atoms with van der Waals surface area (Å²) >= 11 is 0. The van der Waals surface area contributed by atoms with Gasteiger partial charge in [-0.2, -0.15) is 0 Å². The monoisotopic (exact) mass is 852 g/mol. The molecular formula is C47H44IrN2O-2. The molecular weight excluding hydrogens is 801 g/mol. The Morgan fingerprint density at radius 3 is 2.16 bits per heavy atom. The van der Waals surface area contributed by atoms with Gasteiger partial charge in [-0.05, 0) is 62.8 Å². The van der Waals surface area contributed by atoms with Gasteiger partial charge in [-0.15, -0.1) is 53.6 Å². The summed E-state index contributed by atoms with van der Waals surface area (Å²) in [6.07, 6.45) is 0.202. The fraction of sp³-hybridized carbons (Fsp3) is 0.234. The molecule has 3 nitrogen and oxygen atoms in total. The third kappa shape index (κ3) is 8.14. The maximum atomic E-state index is 8.70. The van der Waals surface area contributed by atoms with Crippen LogP contribution in [-0.2, 0) is 32.9 Å². The minimum atomic E-state index is -2.14. The van der Waals surface area contributed by atoms with E-state index in [0.29, 0.717) is 28.1 Å². The van der Waals surface area contributed by atoms with Gasteiger partial charge in [0.15, 0.2) is 0 Å². The summed E-state index contributed by atoms with van der Waals surface area (Å²) in [6, 6.07) is 38.8. The van der Waals surface area contributed by atoms with Crippen LogP contribution in [0.4, 0.5) is 0 Å². The van der Waals surface area contributed by atoms with Crippen LogP contribution in [0.5, 0.6) is 0 Å². The van der Waals surface area contributed by atoms with Crippen molar-refractivity contribution in [2.75, 3.05) is 0 Å².